The lowest BCUT2D eigenvalue weighted by Crippen LogP contribution is -2.21. The number of nitrogens with one attached hydrogen (secondary N) is 2. The lowest BCUT2D eigenvalue weighted by atomic mass is 10.1. The van der Waals surface area contributed by atoms with Crippen LogP contribution in [0.25, 0.3) is 0 Å². The number of hydrogen-bond acceptors (Lipinski definition) is 4. The number of benzene rings is 1. The van der Waals surface area contributed by atoms with Crippen molar-refractivity contribution in [3.8, 4) is 0 Å². The van der Waals surface area contributed by atoms with Gasteiger partial charge in [-0.05, 0) is 11.6 Å². The van der Waals surface area contributed by atoms with E-state index in [-0.39, 0.29) is 5.91 Å². The molecule has 0 aliphatic rings. The van der Waals surface area contributed by atoms with Gasteiger partial charge in [0.1, 0.15) is 0 Å². The summed E-state index contributed by atoms with van der Waals surface area (Å²) in [4.78, 5) is 11.1. The van der Waals surface area contributed by atoms with E-state index < -0.39 is 0 Å². The molecule has 1 heterocycles. The normalized spacial score (nSPS) is 10.4. The van der Waals surface area contributed by atoms with E-state index in [2.05, 4.69) is 20.9 Å². The van der Waals surface area contributed by atoms with Crippen LogP contribution in [-0.2, 0) is 17.9 Å². The molecule has 0 aliphatic heterocycles. The van der Waals surface area contributed by atoms with Gasteiger partial charge in [-0.25, -0.2) is 0 Å². The summed E-state index contributed by atoms with van der Waals surface area (Å²) >= 11 is 0. The fourth-order valence-corrected chi connectivity index (χ4v) is 1.75. The van der Waals surface area contributed by atoms with Crippen molar-refractivity contribution in [1.82, 2.24) is 20.3 Å². The van der Waals surface area contributed by atoms with Crippen LogP contribution in [0.1, 0.15) is 12.5 Å². The molecule has 6 heteroatoms. The average molecular weight is 259 g/mol. The smallest absolute Gasteiger partial charge is 0.221 e. The zero-order valence-electron chi connectivity index (χ0n) is 10.8. The average Bonchev–Trinajstić information content (AvgIpc) is 2.89. The maximum absolute atomic E-state index is 11.1. The van der Waals surface area contributed by atoms with Crippen LogP contribution in [0.5, 0.6) is 0 Å². The lowest BCUT2D eigenvalue weighted by molar-refractivity contribution is -0.114. The van der Waals surface area contributed by atoms with Crippen LogP contribution in [0, 0.1) is 0 Å². The van der Waals surface area contributed by atoms with E-state index in [9.17, 15) is 4.79 Å². The Balaban J connectivity index is 1.83. The fraction of sp³-hybridized carbons (Fsp3) is 0.308. The van der Waals surface area contributed by atoms with Gasteiger partial charge in [0.15, 0.2) is 0 Å². The van der Waals surface area contributed by atoms with Gasteiger partial charge in [-0.2, -0.15) is 0 Å². The van der Waals surface area contributed by atoms with E-state index in [0.29, 0.717) is 6.54 Å². The van der Waals surface area contributed by atoms with Gasteiger partial charge in [0, 0.05) is 31.9 Å². The second kappa shape index (κ2) is 6.65. The van der Waals surface area contributed by atoms with Crippen molar-refractivity contribution in [2.24, 2.45) is 0 Å². The molecule has 0 bridgehead atoms. The molecule has 0 radical (unpaired) electrons. The summed E-state index contributed by atoms with van der Waals surface area (Å²) in [5.74, 6) is -0.0601. The number of amides is 1. The topological polar surface area (TPSA) is 71.8 Å². The Kier molecular flexibility index (Phi) is 4.63. The number of anilines is 1. The molecule has 0 fully saturated rings. The number of nitrogens with zero attached hydrogens (tertiary/aromatic N) is 3. The molecular formula is C13H17N5O. The minimum absolute atomic E-state index is 0.0601. The summed E-state index contributed by atoms with van der Waals surface area (Å²) < 4.78 is 1.77. The molecule has 0 saturated heterocycles. The third-order valence-corrected chi connectivity index (χ3v) is 2.63. The SMILES string of the molecule is CC(=O)Nc1ccccc1CNCCn1ccnn1. The van der Waals surface area contributed by atoms with E-state index in [4.69, 9.17) is 0 Å². The standard InChI is InChI=1S/C13H17N5O/c1-11(19)16-13-5-3-2-4-12(13)10-14-6-8-18-9-7-15-17-18/h2-5,7,9,14H,6,8,10H2,1H3,(H,16,19). The van der Waals surface area contributed by atoms with Crippen molar-refractivity contribution >= 4 is 11.6 Å². The molecule has 0 aliphatic carbocycles. The van der Waals surface area contributed by atoms with Crippen LogP contribution in [-0.4, -0.2) is 27.4 Å². The Morgan fingerprint density at radius 3 is 2.95 bits per heavy atom. The Labute approximate surface area is 111 Å². The molecule has 2 aromatic rings. The Bertz CT molecular complexity index is 524. The van der Waals surface area contributed by atoms with Gasteiger partial charge in [0.25, 0.3) is 0 Å². The zero-order chi connectivity index (χ0) is 13.5. The van der Waals surface area contributed by atoms with E-state index in [1.54, 1.807) is 10.9 Å². The number of carbonyl (C=O) groups is 1. The summed E-state index contributed by atoms with van der Waals surface area (Å²) in [6, 6.07) is 7.76. The second-order valence-electron chi connectivity index (χ2n) is 4.18. The highest BCUT2D eigenvalue weighted by Gasteiger charge is 2.02. The number of hydrogen-bond donors (Lipinski definition) is 2. The first-order chi connectivity index (χ1) is 9.25. The van der Waals surface area contributed by atoms with Gasteiger partial charge in [0.2, 0.25) is 5.91 Å². The summed E-state index contributed by atoms with van der Waals surface area (Å²) in [5.41, 5.74) is 1.92. The summed E-state index contributed by atoms with van der Waals surface area (Å²) in [5, 5.41) is 13.8. The van der Waals surface area contributed by atoms with Gasteiger partial charge in [-0.15, -0.1) is 5.10 Å². The molecule has 100 valence electrons. The number of rotatable bonds is 6. The van der Waals surface area contributed by atoms with Crippen LogP contribution < -0.4 is 10.6 Å². The molecule has 6 nitrogen and oxygen atoms in total. The van der Waals surface area contributed by atoms with E-state index in [1.165, 1.54) is 6.92 Å². The molecule has 0 atom stereocenters. The predicted molar refractivity (Wildman–Crippen MR) is 72.5 cm³/mol. The molecule has 2 N–H and O–H groups in total. The summed E-state index contributed by atoms with van der Waals surface area (Å²) in [6.07, 6.45) is 3.49. The van der Waals surface area contributed by atoms with Gasteiger partial charge >= 0.3 is 0 Å². The van der Waals surface area contributed by atoms with Crippen molar-refractivity contribution < 1.29 is 4.79 Å². The summed E-state index contributed by atoms with van der Waals surface area (Å²) in [7, 11) is 0. The number of carbonyl (C=O) groups excluding carboxylic acids is 1. The Morgan fingerprint density at radius 1 is 1.37 bits per heavy atom. The van der Waals surface area contributed by atoms with Crippen LogP contribution in [0.4, 0.5) is 5.69 Å². The first-order valence-corrected chi connectivity index (χ1v) is 6.16. The first-order valence-electron chi connectivity index (χ1n) is 6.16. The molecule has 0 spiro atoms. The van der Waals surface area contributed by atoms with Gasteiger partial charge in [-0.1, -0.05) is 23.4 Å². The Hall–Kier alpha value is -2.21. The fourth-order valence-electron chi connectivity index (χ4n) is 1.75. The van der Waals surface area contributed by atoms with Gasteiger partial charge < -0.3 is 10.6 Å². The molecule has 0 unspecified atom stereocenters. The van der Waals surface area contributed by atoms with Gasteiger partial charge in [0.05, 0.1) is 12.7 Å². The molecule has 0 saturated carbocycles. The largest absolute Gasteiger partial charge is 0.326 e. The van der Waals surface area contributed by atoms with Crippen molar-refractivity contribution in [3.63, 3.8) is 0 Å². The number of para-hydroxylation sites is 1. The van der Waals surface area contributed by atoms with Crippen molar-refractivity contribution in [2.45, 2.75) is 20.0 Å². The monoisotopic (exact) mass is 259 g/mol. The van der Waals surface area contributed by atoms with Crippen molar-refractivity contribution in [2.75, 3.05) is 11.9 Å². The highest BCUT2D eigenvalue weighted by molar-refractivity contribution is 5.89. The number of aromatic nitrogens is 3. The van der Waals surface area contributed by atoms with E-state index >= 15 is 0 Å². The third-order valence-electron chi connectivity index (χ3n) is 2.63. The van der Waals surface area contributed by atoms with Crippen LogP contribution in [0.3, 0.4) is 0 Å². The maximum Gasteiger partial charge on any atom is 0.221 e. The van der Waals surface area contributed by atoms with Crippen LogP contribution in [0.2, 0.25) is 0 Å². The minimum atomic E-state index is -0.0601. The van der Waals surface area contributed by atoms with Crippen molar-refractivity contribution in [1.29, 1.82) is 0 Å². The molecule has 19 heavy (non-hydrogen) atoms. The molecule has 2 rings (SSSR count). The third kappa shape index (κ3) is 4.18. The predicted octanol–water partition coefficient (Wildman–Crippen LogP) is 1.03. The first kappa shape index (κ1) is 13.2. The molecule has 1 aromatic heterocycles. The highest BCUT2D eigenvalue weighted by atomic mass is 16.1. The molecule has 1 amide bonds. The Morgan fingerprint density at radius 2 is 2.21 bits per heavy atom. The minimum Gasteiger partial charge on any atom is -0.326 e. The van der Waals surface area contributed by atoms with Crippen molar-refractivity contribution in [3.05, 3.63) is 42.2 Å². The van der Waals surface area contributed by atoms with Crippen LogP contribution >= 0.6 is 0 Å². The highest BCUT2D eigenvalue weighted by Crippen LogP contribution is 2.14. The zero-order valence-corrected chi connectivity index (χ0v) is 10.8. The van der Waals surface area contributed by atoms with Gasteiger partial charge in [-0.3, -0.25) is 9.48 Å². The lowest BCUT2D eigenvalue weighted by Gasteiger charge is -2.10. The quantitative estimate of drug-likeness (QED) is 0.760. The van der Waals surface area contributed by atoms with E-state index in [0.717, 1.165) is 24.3 Å². The van der Waals surface area contributed by atoms with E-state index in [1.807, 2.05) is 30.5 Å². The summed E-state index contributed by atoms with van der Waals surface area (Å²) in [6.45, 7) is 3.76. The molecular weight excluding hydrogens is 242 g/mol. The maximum atomic E-state index is 11.1. The van der Waals surface area contributed by atoms with Crippen LogP contribution in [0.15, 0.2) is 36.7 Å². The second-order valence-corrected chi connectivity index (χ2v) is 4.18. The molecule has 1 aromatic carbocycles.